The van der Waals surface area contributed by atoms with E-state index in [9.17, 15) is 14.7 Å². The van der Waals surface area contributed by atoms with Crippen molar-refractivity contribution < 1.29 is 14.6 Å². The molecule has 132 valence electrons. The van der Waals surface area contributed by atoms with Crippen LogP contribution in [0, 0.1) is 0 Å². The lowest BCUT2D eigenvalue weighted by molar-refractivity contribution is -0.255. The highest BCUT2D eigenvalue weighted by Gasteiger charge is 2.09. The fraction of sp³-hybridized carbons (Fsp3) is 0.0526. The third-order valence-corrected chi connectivity index (χ3v) is 4.20. The largest absolute Gasteiger partial charge is 0.545 e. The number of nitrogens with one attached hydrogen (secondary N) is 1. The molecule has 0 unspecified atom stereocenters. The molecule has 0 saturated heterocycles. The van der Waals surface area contributed by atoms with Gasteiger partial charge in [0.25, 0.3) is 5.56 Å². The number of aromatic amines is 1. The van der Waals surface area contributed by atoms with E-state index in [4.69, 9.17) is 16.3 Å². The van der Waals surface area contributed by atoms with Crippen LogP contribution in [-0.4, -0.2) is 22.9 Å². The molecule has 2 aromatic carbocycles. The molecule has 0 saturated carbocycles. The van der Waals surface area contributed by atoms with Gasteiger partial charge in [-0.05, 0) is 30.3 Å². The zero-order valence-corrected chi connectivity index (χ0v) is 14.5. The smallest absolute Gasteiger partial charge is 0.279 e. The summed E-state index contributed by atoms with van der Waals surface area (Å²) in [7, 11) is 1.54. The Labute approximate surface area is 153 Å². The Hall–Kier alpha value is -3.25. The second-order valence-electron chi connectivity index (χ2n) is 5.48. The first-order chi connectivity index (χ1) is 12.4. The monoisotopic (exact) mass is 369 g/mol. The molecule has 0 fully saturated rings. The van der Waals surface area contributed by atoms with Gasteiger partial charge >= 0.3 is 0 Å². The van der Waals surface area contributed by atoms with Crippen LogP contribution in [0.25, 0.3) is 18.3 Å². The lowest BCUT2D eigenvalue weighted by Crippen LogP contribution is -2.34. The molecule has 26 heavy (non-hydrogen) atoms. The molecule has 0 aliphatic rings. The number of rotatable bonds is 4. The summed E-state index contributed by atoms with van der Waals surface area (Å²) in [6, 6.07) is 11.4. The molecule has 7 heteroatoms. The van der Waals surface area contributed by atoms with Gasteiger partial charge in [-0.2, -0.15) is 0 Å². The van der Waals surface area contributed by atoms with Crippen molar-refractivity contribution in [1.82, 2.24) is 9.78 Å². The van der Waals surface area contributed by atoms with Gasteiger partial charge in [-0.15, -0.1) is 0 Å². The van der Waals surface area contributed by atoms with Crippen LogP contribution in [0.15, 0.2) is 47.3 Å². The maximum absolute atomic E-state index is 12.8. The van der Waals surface area contributed by atoms with Crippen LogP contribution in [0.5, 0.6) is 5.75 Å². The zero-order valence-electron chi connectivity index (χ0n) is 13.8. The Morgan fingerprint density at radius 3 is 2.73 bits per heavy atom. The Balaban J connectivity index is 2.20. The average Bonchev–Trinajstić information content (AvgIpc) is 2.90. The normalized spacial score (nSPS) is 11.5. The summed E-state index contributed by atoms with van der Waals surface area (Å²) in [6.45, 7) is 3.85. The minimum Gasteiger partial charge on any atom is -0.545 e. The number of nitrogens with zero attached hydrogens (tertiary/aromatic N) is 1. The number of methoxy groups -OCH3 is 1. The van der Waals surface area contributed by atoms with Crippen molar-refractivity contribution in [2.75, 3.05) is 7.11 Å². The quantitative estimate of drug-likeness (QED) is 0.722. The highest BCUT2D eigenvalue weighted by atomic mass is 35.5. The molecule has 0 amide bonds. The van der Waals surface area contributed by atoms with E-state index in [1.54, 1.807) is 19.3 Å². The number of para-hydroxylation sites is 1. The molecule has 0 atom stereocenters. The van der Waals surface area contributed by atoms with E-state index in [1.807, 2.05) is 18.2 Å². The van der Waals surface area contributed by atoms with E-state index < -0.39 is 5.97 Å². The van der Waals surface area contributed by atoms with Gasteiger partial charge in [0.1, 0.15) is 5.75 Å². The molecule has 0 bridgehead atoms. The van der Waals surface area contributed by atoms with Crippen molar-refractivity contribution >= 4 is 30.2 Å². The van der Waals surface area contributed by atoms with Crippen LogP contribution in [0.4, 0.5) is 0 Å². The summed E-state index contributed by atoms with van der Waals surface area (Å²) in [6.07, 6.45) is 1.66. The second-order valence-corrected chi connectivity index (χ2v) is 5.89. The lowest BCUT2D eigenvalue weighted by atomic mass is 10.1. The van der Waals surface area contributed by atoms with Crippen molar-refractivity contribution in [3.8, 4) is 11.4 Å². The number of carbonyl (C=O) groups excluding carboxylic acids is 1. The van der Waals surface area contributed by atoms with Crippen molar-refractivity contribution in [3.05, 3.63) is 79.5 Å². The van der Waals surface area contributed by atoms with Gasteiger partial charge in [0.05, 0.1) is 29.3 Å². The summed E-state index contributed by atoms with van der Waals surface area (Å²) >= 11 is 5.84. The van der Waals surface area contributed by atoms with Crippen LogP contribution >= 0.6 is 11.6 Å². The number of benzene rings is 2. The number of carboxylic acid groups (broad SMARTS) is 1. The van der Waals surface area contributed by atoms with Gasteiger partial charge in [-0.1, -0.05) is 36.4 Å². The first-order valence-corrected chi connectivity index (χ1v) is 7.96. The summed E-state index contributed by atoms with van der Waals surface area (Å²) in [5, 5.41) is 14.7. The maximum atomic E-state index is 12.8. The summed E-state index contributed by atoms with van der Waals surface area (Å²) in [4.78, 5) is 23.9. The van der Waals surface area contributed by atoms with Crippen molar-refractivity contribution in [2.45, 2.75) is 0 Å². The highest BCUT2D eigenvalue weighted by Crippen LogP contribution is 2.18. The van der Waals surface area contributed by atoms with Gasteiger partial charge < -0.3 is 14.6 Å². The molecule has 0 aliphatic carbocycles. The second kappa shape index (κ2) is 6.93. The van der Waals surface area contributed by atoms with E-state index in [2.05, 4.69) is 11.7 Å². The minimum absolute atomic E-state index is 0.0315. The van der Waals surface area contributed by atoms with Gasteiger partial charge in [-0.3, -0.25) is 9.89 Å². The first-order valence-electron chi connectivity index (χ1n) is 7.58. The molecule has 3 aromatic rings. The summed E-state index contributed by atoms with van der Waals surface area (Å²) in [5.74, 6) is -0.808. The molecular weight excluding hydrogens is 356 g/mol. The van der Waals surface area contributed by atoms with Crippen LogP contribution in [0.3, 0.4) is 0 Å². The van der Waals surface area contributed by atoms with Crippen molar-refractivity contribution in [3.63, 3.8) is 0 Å². The van der Waals surface area contributed by atoms with Gasteiger partial charge in [-0.25, -0.2) is 4.68 Å². The number of hydrogen-bond acceptors (Lipinski definition) is 4. The summed E-state index contributed by atoms with van der Waals surface area (Å²) < 4.78 is 6.49. The van der Waals surface area contributed by atoms with Gasteiger partial charge in [0.15, 0.2) is 0 Å². The van der Waals surface area contributed by atoms with Crippen LogP contribution < -0.4 is 26.0 Å². The molecular formula is C19H14ClN2O4-. The predicted octanol–water partition coefficient (Wildman–Crippen LogP) is 0.430. The van der Waals surface area contributed by atoms with Gasteiger partial charge in [0, 0.05) is 16.1 Å². The number of ether oxygens (including phenoxy) is 1. The number of hydrogen-bond donors (Lipinski definition) is 1. The maximum Gasteiger partial charge on any atom is 0.279 e. The number of carbonyl (C=O) groups is 1. The van der Waals surface area contributed by atoms with Crippen LogP contribution in [-0.2, 0) is 0 Å². The third-order valence-electron chi connectivity index (χ3n) is 3.87. The Morgan fingerprint density at radius 1 is 1.31 bits per heavy atom. The fourth-order valence-corrected chi connectivity index (χ4v) is 2.77. The number of carboxylic acids is 1. The van der Waals surface area contributed by atoms with E-state index in [-0.39, 0.29) is 16.1 Å². The first kappa shape index (κ1) is 17.6. The topological polar surface area (TPSA) is 87.1 Å². The fourth-order valence-electron chi connectivity index (χ4n) is 2.58. The van der Waals surface area contributed by atoms with Gasteiger partial charge in [0.2, 0.25) is 0 Å². The molecule has 0 spiro atoms. The van der Waals surface area contributed by atoms with Crippen LogP contribution in [0.1, 0.15) is 15.9 Å². The van der Waals surface area contributed by atoms with Crippen LogP contribution in [0.2, 0.25) is 5.02 Å². The van der Waals surface area contributed by atoms with Crippen molar-refractivity contribution in [2.24, 2.45) is 0 Å². The minimum atomic E-state index is -1.42. The summed E-state index contributed by atoms with van der Waals surface area (Å²) in [5.41, 5.74) is 0.442. The van der Waals surface area contributed by atoms with E-state index in [1.165, 1.54) is 22.9 Å². The Kier molecular flexibility index (Phi) is 4.69. The molecule has 6 nitrogen and oxygen atoms in total. The average molecular weight is 370 g/mol. The van der Waals surface area contributed by atoms with E-state index in [0.29, 0.717) is 22.0 Å². The Morgan fingerprint density at radius 2 is 2.04 bits per heavy atom. The Bertz CT molecular complexity index is 1160. The van der Waals surface area contributed by atoms with E-state index >= 15 is 0 Å². The molecule has 3 rings (SSSR count). The predicted molar refractivity (Wildman–Crippen MR) is 97.1 cm³/mol. The van der Waals surface area contributed by atoms with Crippen molar-refractivity contribution in [1.29, 1.82) is 0 Å². The standard InChI is InChI=1S/C19H15ClN2O4/c1-11-14(9-12-5-3-4-6-17(12)26-2)18(23)22(21-11)13-7-8-16(20)15(10-13)19(24)25/h3-10,21H,1H2,2H3,(H,24,25)/p-1. The molecule has 1 aromatic heterocycles. The molecule has 1 N–H and O–H groups in total. The molecule has 0 radical (unpaired) electrons. The molecule has 1 heterocycles. The molecule has 0 aliphatic heterocycles. The SMILES string of the molecule is C=c1[nH]n(-c2ccc(Cl)c(C(=O)[O-])c2)c(=O)c1=Cc1ccccc1OC. The number of aromatic nitrogens is 2. The number of H-pyrrole nitrogens is 1. The lowest BCUT2D eigenvalue weighted by Gasteiger charge is -2.08. The van der Waals surface area contributed by atoms with E-state index in [0.717, 1.165) is 5.56 Å². The third kappa shape index (κ3) is 3.14. The zero-order chi connectivity index (χ0) is 18.8. The number of aromatic carboxylic acids is 1. The number of halogens is 1. The highest BCUT2D eigenvalue weighted by molar-refractivity contribution is 6.33.